The van der Waals surface area contributed by atoms with Gasteiger partial charge in [0, 0.05) is 0 Å². The van der Waals surface area contributed by atoms with Crippen molar-refractivity contribution in [2.45, 2.75) is 46.1 Å². The van der Waals surface area contributed by atoms with Gasteiger partial charge in [0.15, 0.2) is 18.1 Å². The van der Waals surface area contributed by atoms with E-state index in [0.717, 1.165) is 19.3 Å². The molecule has 2 aliphatic rings. The maximum absolute atomic E-state index is 12.3. The number of rotatable bonds is 6. The van der Waals surface area contributed by atoms with Gasteiger partial charge in [-0.25, -0.2) is 9.59 Å². The molecule has 0 aromatic heterocycles. The van der Waals surface area contributed by atoms with Crippen LogP contribution in [0.3, 0.4) is 0 Å². The van der Waals surface area contributed by atoms with Gasteiger partial charge >= 0.3 is 11.9 Å². The number of carbonyl (C=O) groups excluding carboxylic acids is 2. The maximum atomic E-state index is 12.3. The molecule has 7 nitrogen and oxygen atoms in total. The summed E-state index contributed by atoms with van der Waals surface area (Å²) < 4.78 is 21.2. The van der Waals surface area contributed by atoms with E-state index in [0.29, 0.717) is 34.8 Å². The molecule has 7 heteroatoms. The molecule has 0 N–H and O–H groups in total. The van der Waals surface area contributed by atoms with Crippen molar-refractivity contribution in [3.8, 4) is 17.6 Å². The van der Waals surface area contributed by atoms with Crippen LogP contribution in [0.5, 0.6) is 11.5 Å². The number of nitrogens with zero attached hydrogens (tertiary/aromatic N) is 1. The van der Waals surface area contributed by atoms with E-state index in [1.54, 1.807) is 18.2 Å². The summed E-state index contributed by atoms with van der Waals surface area (Å²) in [4.78, 5) is 24.5. The van der Waals surface area contributed by atoms with Crippen LogP contribution in [0, 0.1) is 29.1 Å². The lowest BCUT2D eigenvalue weighted by atomic mass is 9.75. The summed E-state index contributed by atoms with van der Waals surface area (Å²) in [5, 5.41) is 9.31. The Morgan fingerprint density at radius 3 is 2.77 bits per heavy atom. The minimum atomic E-state index is -0.871. The third-order valence-electron chi connectivity index (χ3n) is 5.61. The fourth-order valence-corrected chi connectivity index (χ4v) is 3.96. The van der Waals surface area contributed by atoms with Crippen molar-refractivity contribution in [3.05, 3.63) is 29.3 Å². The lowest BCUT2D eigenvalue weighted by Gasteiger charge is -2.36. The average Bonchev–Trinajstić information content (AvgIpc) is 3.18. The largest absolute Gasteiger partial charge is 0.460 e. The standard InChI is InChI=1S/C23H27NO6/c1-14(2)18-6-4-15(3)8-20(18)30-22(25)12-27-23(26)17(11-24)9-16-5-7-19-21(10-16)29-13-28-19/h5,7,9-10,14-15,18,20H,4,6,8,12-13H2,1-3H3/b17-9+/t15-,18-,20+/m0/s1. The number of nitriles is 1. The van der Waals surface area contributed by atoms with Crippen molar-refractivity contribution >= 4 is 18.0 Å². The Hall–Kier alpha value is -3.01. The molecule has 30 heavy (non-hydrogen) atoms. The first kappa shape index (κ1) is 21.7. The zero-order valence-electron chi connectivity index (χ0n) is 17.6. The van der Waals surface area contributed by atoms with Crippen LogP contribution in [0.25, 0.3) is 6.08 Å². The van der Waals surface area contributed by atoms with Crippen LogP contribution < -0.4 is 9.47 Å². The Labute approximate surface area is 176 Å². The summed E-state index contributed by atoms with van der Waals surface area (Å²) in [5.41, 5.74) is 0.374. The predicted molar refractivity (Wildman–Crippen MR) is 108 cm³/mol. The topological polar surface area (TPSA) is 94.9 Å². The highest BCUT2D eigenvalue weighted by Gasteiger charge is 2.33. The molecule has 0 saturated heterocycles. The number of fused-ring (bicyclic) bond motifs is 1. The van der Waals surface area contributed by atoms with Crippen LogP contribution >= 0.6 is 0 Å². The second kappa shape index (κ2) is 9.66. The van der Waals surface area contributed by atoms with Crippen LogP contribution in [0.4, 0.5) is 0 Å². The molecule has 1 aromatic carbocycles. The summed E-state index contributed by atoms with van der Waals surface area (Å²) >= 11 is 0. The molecule has 0 amide bonds. The van der Waals surface area contributed by atoms with E-state index < -0.39 is 18.5 Å². The Bertz CT molecular complexity index is 869. The molecular weight excluding hydrogens is 386 g/mol. The number of benzene rings is 1. The summed E-state index contributed by atoms with van der Waals surface area (Å²) in [6, 6.07) is 6.87. The monoisotopic (exact) mass is 413 g/mol. The van der Waals surface area contributed by atoms with E-state index in [9.17, 15) is 14.9 Å². The number of esters is 2. The highest BCUT2D eigenvalue weighted by Crippen LogP contribution is 2.35. The molecule has 0 radical (unpaired) electrons. The van der Waals surface area contributed by atoms with E-state index in [-0.39, 0.29) is 18.5 Å². The summed E-state index contributed by atoms with van der Waals surface area (Å²) in [6.45, 7) is 6.02. The van der Waals surface area contributed by atoms with Gasteiger partial charge in [0.1, 0.15) is 17.7 Å². The molecule has 0 bridgehead atoms. The third kappa shape index (κ3) is 5.32. The molecule has 1 saturated carbocycles. The van der Waals surface area contributed by atoms with Crippen molar-refractivity contribution < 1.29 is 28.5 Å². The number of hydrogen-bond acceptors (Lipinski definition) is 7. The number of carbonyl (C=O) groups is 2. The van der Waals surface area contributed by atoms with E-state index in [4.69, 9.17) is 18.9 Å². The first-order chi connectivity index (χ1) is 14.4. The van der Waals surface area contributed by atoms with Crippen molar-refractivity contribution in [1.29, 1.82) is 5.26 Å². The van der Waals surface area contributed by atoms with Crippen LogP contribution in [0.15, 0.2) is 23.8 Å². The zero-order valence-corrected chi connectivity index (χ0v) is 17.6. The van der Waals surface area contributed by atoms with Gasteiger partial charge in [0.25, 0.3) is 0 Å². The Morgan fingerprint density at radius 2 is 2.03 bits per heavy atom. The van der Waals surface area contributed by atoms with Crippen molar-refractivity contribution in [3.63, 3.8) is 0 Å². The molecule has 0 spiro atoms. The predicted octanol–water partition coefficient (Wildman–Crippen LogP) is 3.87. The lowest BCUT2D eigenvalue weighted by Crippen LogP contribution is -2.36. The third-order valence-corrected chi connectivity index (χ3v) is 5.61. The van der Waals surface area contributed by atoms with E-state index >= 15 is 0 Å². The van der Waals surface area contributed by atoms with Crippen molar-refractivity contribution in [2.24, 2.45) is 17.8 Å². The highest BCUT2D eigenvalue weighted by molar-refractivity contribution is 5.98. The minimum absolute atomic E-state index is 0.134. The summed E-state index contributed by atoms with van der Waals surface area (Å²) in [5.74, 6) is 0.898. The van der Waals surface area contributed by atoms with E-state index in [1.165, 1.54) is 6.08 Å². The van der Waals surface area contributed by atoms with Gasteiger partial charge in [-0.1, -0.05) is 33.3 Å². The molecule has 3 atom stereocenters. The molecule has 3 rings (SSSR count). The number of hydrogen-bond donors (Lipinski definition) is 0. The second-order valence-corrected chi connectivity index (χ2v) is 8.21. The van der Waals surface area contributed by atoms with Gasteiger partial charge in [-0.2, -0.15) is 5.26 Å². The van der Waals surface area contributed by atoms with E-state index in [2.05, 4.69) is 20.8 Å². The van der Waals surface area contributed by atoms with E-state index in [1.807, 2.05) is 6.07 Å². The first-order valence-corrected chi connectivity index (χ1v) is 10.3. The van der Waals surface area contributed by atoms with Gasteiger partial charge in [-0.15, -0.1) is 0 Å². The van der Waals surface area contributed by atoms with Crippen LogP contribution in [0.2, 0.25) is 0 Å². The van der Waals surface area contributed by atoms with Gasteiger partial charge < -0.3 is 18.9 Å². The molecule has 1 aliphatic carbocycles. The molecular formula is C23H27NO6. The highest BCUT2D eigenvalue weighted by atomic mass is 16.7. The SMILES string of the molecule is CC(C)[C@@H]1CC[C@H](C)C[C@H]1OC(=O)COC(=O)/C(C#N)=C/c1ccc2c(c1)OCO2. The lowest BCUT2D eigenvalue weighted by molar-refractivity contribution is -0.165. The minimum Gasteiger partial charge on any atom is -0.460 e. The molecule has 0 unspecified atom stereocenters. The van der Waals surface area contributed by atoms with Crippen molar-refractivity contribution in [1.82, 2.24) is 0 Å². The molecule has 1 heterocycles. The fourth-order valence-electron chi connectivity index (χ4n) is 3.96. The quantitative estimate of drug-likeness (QED) is 0.397. The van der Waals surface area contributed by atoms with Crippen LogP contribution in [-0.2, 0) is 19.1 Å². The smallest absolute Gasteiger partial charge is 0.349 e. The van der Waals surface area contributed by atoms with Gasteiger partial charge in [-0.3, -0.25) is 0 Å². The van der Waals surface area contributed by atoms with Crippen molar-refractivity contribution in [2.75, 3.05) is 13.4 Å². The maximum Gasteiger partial charge on any atom is 0.349 e. The second-order valence-electron chi connectivity index (χ2n) is 8.21. The Kier molecular flexibility index (Phi) is 6.99. The molecule has 1 aliphatic heterocycles. The first-order valence-electron chi connectivity index (χ1n) is 10.3. The average molecular weight is 413 g/mol. The zero-order chi connectivity index (χ0) is 21.7. The van der Waals surface area contributed by atoms with Gasteiger partial charge in [-0.05, 0) is 54.4 Å². The molecule has 160 valence electrons. The fraction of sp³-hybridized carbons (Fsp3) is 0.522. The summed E-state index contributed by atoms with van der Waals surface area (Å²) in [6.07, 6.45) is 4.18. The molecule has 1 fully saturated rings. The molecule has 1 aromatic rings. The number of ether oxygens (including phenoxy) is 4. The van der Waals surface area contributed by atoms with Gasteiger partial charge in [0.2, 0.25) is 6.79 Å². The Balaban J connectivity index is 1.57. The normalized spacial score (nSPS) is 23.0. The van der Waals surface area contributed by atoms with Gasteiger partial charge in [0.05, 0.1) is 0 Å². The summed E-state index contributed by atoms with van der Waals surface area (Å²) in [7, 11) is 0. The Morgan fingerprint density at radius 1 is 1.27 bits per heavy atom. The van der Waals surface area contributed by atoms with Crippen LogP contribution in [0.1, 0.15) is 45.6 Å². The van der Waals surface area contributed by atoms with Crippen LogP contribution in [-0.4, -0.2) is 31.4 Å².